The lowest BCUT2D eigenvalue weighted by atomic mass is 10.1. The maximum absolute atomic E-state index is 13.0. The van der Waals surface area contributed by atoms with Crippen molar-refractivity contribution in [3.05, 3.63) is 94.9 Å². The van der Waals surface area contributed by atoms with Crippen LogP contribution in [0.2, 0.25) is 0 Å². The number of nitrogens with one attached hydrogen (secondary N) is 2. The number of carbonyl (C=O) groups excluding carboxylic acids is 1. The zero-order valence-corrected chi connectivity index (χ0v) is 19.9. The van der Waals surface area contributed by atoms with Crippen LogP contribution >= 0.6 is 11.3 Å². The monoisotopic (exact) mass is 481 g/mol. The highest BCUT2D eigenvalue weighted by atomic mass is 32.1. The molecule has 0 spiro atoms. The van der Waals surface area contributed by atoms with Gasteiger partial charge in [0, 0.05) is 28.2 Å². The highest BCUT2D eigenvalue weighted by Crippen LogP contribution is 2.31. The van der Waals surface area contributed by atoms with Gasteiger partial charge in [-0.25, -0.2) is 9.97 Å². The van der Waals surface area contributed by atoms with E-state index >= 15 is 0 Å². The summed E-state index contributed by atoms with van der Waals surface area (Å²) in [5.74, 6) is 1.68. The van der Waals surface area contributed by atoms with E-state index in [0.717, 1.165) is 27.1 Å². The Kier molecular flexibility index (Phi) is 6.63. The van der Waals surface area contributed by atoms with Gasteiger partial charge in [-0.15, -0.1) is 11.3 Å². The number of fused-ring (bicyclic) bond motifs is 1. The molecule has 0 radical (unpaired) electrons. The third kappa shape index (κ3) is 5.12. The van der Waals surface area contributed by atoms with Crippen molar-refractivity contribution in [3.8, 4) is 17.1 Å². The number of nitrogens with zero attached hydrogens (tertiary/aromatic N) is 3. The minimum absolute atomic E-state index is 0.164. The van der Waals surface area contributed by atoms with E-state index in [-0.39, 0.29) is 5.91 Å². The van der Waals surface area contributed by atoms with Gasteiger partial charge in [0.25, 0.3) is 5.91 Å². The highest BCUT2D eigenvalue weighted by Gasteiger charge is 2.15. The number of benzene rings is 2. The van der Waals surface area contributed by atoms with Crippen LogP contribution in [-0.2, 0) is 6.54 Å². The molecule has 8 heteroatoms. The Morgan fingerprint density at radius 2 is 1.94 bits per heavy atom. The topological polar surface area (TPSA) is 89.0 Å². The SMILES string of the molecule is CCOc1ccc2nc(-c3cccnc3)nc(Nc3ccccc3C(=O)NCc3cccs3)c2c1. The van der Waals surface area contributed by atoms with Gasteiger partial charge in [0.1, 0.15) is 11.6 Å². The summed E-state index contributed by atoms with van der Waals surface area (Å²) < 4.78 is 5.71. The van der Waals surface area contributed by atoms with Crippen LogP contribution in [0, 0.1) is 0 Å². The van der Waals surface area contributed by atoms with Gasteiger partial charge >= 0.3 is 0 Å². The first-order valence-corrected chi connectivity index (χ1v) is 12.1. The summed E-state index contributed by atoms with van der Waals surface area (Å²) in [7, 11) is 0. The van der Waals surface area contributed by atoms with Crippen molar-refractivity contribution >= 4 is 39.7 Å². The second-order valence-electron chi connectivity index (χ2n) is 7.68. The minimum atomic E-state index is -0.164. The molecule has 0 aliphatic heterocycles. The summed E-state index contributed by atoms with van der Waals surface area (Å²) in [6, 6.07) is 20.8. The summed E-state index contributed by atoms with van der Waals surface area (Å²) >= 11 is 1.61. The second-order valence-corrected chi connectivity index (χ2v) is 8.71. The standard InChI is InChI=1S/C27H23N5O2S/c1-2-34-19-11-12-24-22(15-19)26(32-25(30-24)18-7-5-13-28-16-18)31-23-10-4-3-9-21(23)27(33)29-17-20-8-6-14-35-20/h3-16H,2,17H2,1H3,(H,29,33)(H,30,31,32). The van der Waals surface area contributed by atoms with E-state index in [0.29, 0.717) is 36.0 Å². The smallest absolute Gasteiger partial charge is 0.253 e. The number of para-hydroxylation sites is 1. The molecule has 5 aromatic rings. The molecular formula is C27H23N5O2S. The molecule has 0 atom stereocenters. The third-order valence-corrected chi connectivity index (χ3v) is 6.20. The van der Waals surface area contributed by atoms with Gasteiger partial charge in [-0.2, -0.15) is 0 Å². The molecular weight excluding hydrogens is 458 g/mol. The Hall–Kier alpha value is -4.30. The van der Waals surface area contributed by atoms with E-state index in [1.54, 1.807) is 29.8 Å². The predicted octanol–water partition coefficient (Wildman–Crippen LogP) is 5.83. The van der Waals surface area contributed by atoms with Gasteiger partial charge in [-0.3, -0.25) is 9.78 Å². The normalized spacial score (nSPS) is 10.8. The number of hydrogen-bond donors (Lipinski definition) is 2. The van der Waals surface area contributed by atoms with Crippen molar-refractivity contribution in [2.45, 2.75) is 13.5 Å². The lowest BCUT2D eigenvalue weighted by Crippen LogP contribution is -2.23. The molecule has 7 nitrogen and oxygen atoms in total. The predicted molar refractivity (Wildman–Crippen MR) is 139 cm³/mol. The molecule has 3 aromatic heterocycles. The zero-order chi connectivity index (χ0) is 24.0. The Balaban J connectivity index is 1.53. The Morgan fingerprint density at radius 3 is 2.74 bits per heavy atom. The molecule has 0 aliphatic carbocycles. The van der Waals surface area contributed by atoms with Gasteiger partial charge in [0.05, 0.1) is 29.9 Å². The molecule has 1 amide bonds. The number of carbonyl (C=O) groups is 1. The maximum Gasteiger partial charge on any atom is 0.253 e. The Labute approximate surface area is 206 Å². The summed E-state index contributed by atoms with van der Waals surface area (Å²) in [5, 5.41) is 9.16. The molecule has 0 aliphatic rings. The summed E-state index contributed by atoms with van der Waals surface area (Å²) in [5.41, 5.74) is 2.73. The summed E-state index contributed by atoms with van der Waals surface area (Å²) in [6.07, 6.45) is 3.44. The number of anilines is 2. The Morgan fingerprint density at radius 1 is 1.03 bits per heavy atom. The quantitative estimate of drug-likeness (QED) is 0.290. The first-order valence-electron chi connectivity index (χ1n) is 11.2. The fourth-order valence-corrected chi connectivity index (χ4v) is 4.32. The van der Waals surface area contributed by atoms with Crippen molar-refractivity contribution in [1.29, 1.82) is 0 Å². The van der Waals surface area contributed by atoms with E-state index in [4.69, 9.17) is 14.7 Å². The summed E-state index contributed by atoms with van der Waals surface area (Å²) in [4.78, 5) is 27.9. The molecule has 0 unspecified atom stereocenters. The number of thiophene rings is 1. The summed E-state index contributed by atoms with van der Waals surface area (Å²) in [6.45, 7) is 2.97. The first-order chi connectivity index (χ1) is 17.2. The van der Waals surface area contributed by atoms with Gasteiger partial charge < -0.3 is 15.4 Å². The molecule has 0 fully saturated rings. The average molecular weight is 482 g/mol. The van der Waals surface area contributed by atoms with Crippen molar-refractivity contribution in [2.75, 3.05) is 11.9 Å². The number of hydrogen-bond acceptors (Lipinski definition) is 7. The maximum atomic E-state index is 13.0. The van der Waals surface area contributed by atoms with Crippen molar-refractivity contribution in [1.82, 2.24) is 20.3 Å². The molecule has 0 saturated carbocycles. The van der Waals surface area contributed by atoms with Crippen LogP contribution in [0.3, 0.4) is 0 Å². The minimum Gasteiger partial charge on any atom is -0.494 e. The van der Waals surface area contributed by atoms with Crippen LogP contribution < -0.4 is 15.4 Å². The molecule has 0 saturated heterocycles. The first kappa shape index (κ1) is 22.5. The van der Waals surface area contributed by atoms with Gasteiger partial charge in [0.2, 0.25) is 0 Å². The number of amides is 1. The van der Waals surface area contributed by atoms with Crippen LogP contribution in [0.5, 0.6) is 5.75 Å². The van der Waals surface area contributed by atoms with Crippen LogP contribution in [0.15, 0.2) is 84.5 Å². The lowest BCUT2D eigenvalue weighted by Gasteiger charge is -2.15. The van der Waals surface area contributed by atoms with Crippen molar-refractivity contribution in [3.63, 3.8) is 0 Å². The van der Waals surface area contributed by atoms with E-state index in [1.807, 2.05) is 73.0 Å². The Bertz CT molecular complexity index is 1460. The van der Waals surface area contributed by atoms with Crippen molar-refractivity contribution in [2.24, 2.45) is 0 Å². The molecule has 2 aromatic carbocycles. The van der Waals surface area contributed by atoms with Gasteiger partial charge in [-0.05, 0) is 60.8 Å². The molecule has 5 rings (SSSR count). The lowest BCUT2D eigenvalue weighted by molar-refractivity contribution is 0.0952. The average Bonchev–Trinajstić information content (AvgIpc) is 3.42. The molecule has 174 valence electrons. The molecule has 3 heterocycles. The van der Waals surface area contributed by atoms with Gasteiger partial charge in [0.15, 0.2) is 5.82 Å². The number of rotatable bonds is 8. The number of aromatic nitrogens is 3. The third-order valence-electron chi connectivity index (χ3n) is 5.33. The van der Waals surface area contributed by atoms with E-state index in [9.17, 15) is 4.79 Å². The van der Waals surface area contributed by atoms with Gasteiger partial charge in [-0.1, -0.05) is 18.2 Å². The second kappa shape index (κ2) is 10.3. The fraction of sp³-hybridized carbons (Fsp3) is 0.111. The van der Waals surface area contributed by atoms with Crippen LogP contribution in [0.4, 0.5) is 11.5 Å². The largest absolute Gasteiger partial charge is 0.494 e. The molecule has 35 heavy (non-hydrogen) atoms. The fourth-order valence-electron chi connectivity index (χ4n) is 3.68. The van der Waals surface area contributed by atoms with Crippen LogP contribution in [0.25, 0.3) is 22.3 Å². The van der Waals surface area contributed by atoms with Crippen LogP contribution in [-0.4, -0.2) is 27.5 Å². The van der Waals surface area contributed by atoms with E-state index in [1.165, 1.54) is 0 Å². The number of pyridine rings is 1. The zero-order valence-electron chi connectivity index (χ0n) is 19.1. The highest BCUT2D eigenvalue weighted by molar-refractivity contribution is 7.09. The molecule has 0 bridgehead atoms. The number of ether oxygens (including phenoxy) is 1. The van der Waals surface area contributed by atoms with E-state index < -0.39 is 0 Å². The van der Waals surface area contributed by atoms with Crippen molar-refractivity contribution < 1.29 is 9.53 Å². The van der Waals surface area contributed by atoms with E-state index in [2.05, 4.69) is 15.6 Å². The van der Waals surface area contributed by atoms with Crippen LogP contribution in [0.1, 0.15) is 22.2 Å². The molecule has 2 N–H and O–H groups in total.